The maximum atomic E-state index is 11.7. The van der Waals surface area contributed by atoms with E-state index in [-0.39, 0.29) is 46.3 Å². The quantitative estimate of drug-likeness (QED) is 0.547. The molecule has 0 bridgehead atoms. The molecule has 1 N–H and O–H groups in total. The van der Waals surface area contributed by atoms with Crippen LogP contribution in [0.2, 0.25) is 0 Å². The van der Waals surface area contributed by atoms with Gasteiger partial charge >= 0.3 is 0 Å². The van der Waals surface area contributed by atoms with E-state index in [1.165, 1.54) is 10.5 Å². The molecular weight excluding hydrogens is 370 g/mol. The van der Waals surface area contributed by atoms with Crippen LogP contribution in [0.15, 0.2) is 24.5 Å². The number of thioether (sulfide) groups is 1. The third-order valence-electron chi connectivity index (χ3n) is 3.15. The molecule has 1 fully saturated rings. The van der Waals surface area contributed by atoms with E-state index in [9.17, 15) is 14.4 Å². The molecule has 1 aliphatic rings. The molecule has 0 unspecified atom stereocenters. The minimum atomic E-state index is -0.232. The summed E-state index contributed by atoms with van der Waals surface area (Å²) in [5.41, 5.74) is 1.17. The van der Waals surface area contributed by atoms with Crippen molar-refractivity contribution in [3.8, 4) is 0 Å². The van der Waals surface area contributed by atoms with Crippen LogP contribution in [0.5, 0.6) is 0 Å². The largest absolute Gasteiger partial charge is 1.00 e. The topological polar surface area (TPSA) is 70.4 Å². The Morgan fingerprint density at radius 2 is 2.05 bits per heavy atom. The number of imide groups is 1. The lowest BCUT2D eigenvalue weighted by Crippen LogP contribution is -3.00. The van der Waals surface area contributed by atoms with Gasteiger partial charge in [-0.05, 0) is 12.5 Å². The molecule has 1 aromatic rings. The zero-order valence-electron chi connectivity index (χ0n) is 12.3. The smallest absolute Gasteiger partial charge is 0.288 e. The SMILES string of the molecule is Cc1cc[n+](CCC(=O)NCCN2C(=O)CSC2=O)cc1.[Br-]. The van der Waals surface area contributed by atoms with Gasteiger partial charge in [0.1, 0.15) is 0 Å². The Bertz CT molecular complexity index is 535. The monoisotopic (exact) mass is 387 g/mol. The van der Waals surface area contributed by atoms with Gasteiger partial charge < -0.3 is 22.3 Å². The number of rotatable bonds is 6. The van der Waals surface area contributed by atoms with Crippen molar-refractivity contribution in [1.82, 2.24) is 10.2 Å². The zero-order valence-corrected chi connectivity index (χ0v) is 14.7. The first-order valence-corrected chi connectivity index (χ1v) is 7.74. The first-order valence-electron chi connectivity index (χ1n) is 6.76. The van der Waals surface area contributed by atoms with Crippen molar-refractivity contribution >= 4 is 28.8 Å². The van der Waals surface area contributed by atoms with Crippen molar-refractivity contribution in [2.75, 3.05) is 18.8 Å². The average Bonchev–Trinajstić information content (AvgIpc) is 2.78. The van der Waals surface area contributed by atoms with Crippen LogP contribution < -0.4 is 26.9 Å². The highest BCUT2D eigenvalue weighted by Gasteiger charge is 2.29. The van der Waals surface area contributed by atoms with Crippen molar-refractivity contribution in [3.63, 3.8) is 0 Å². The number of nitrogens with one attached hydrogen (secondary N) is 1. The number of halogens is 1. The normalized spacial score (nSPS) is 14.0. The first-order chi connectivity index (χ1) is 10.1. The Morgan fingerprint density at radius 1 is 1.36 bits per heavy atom. The second-order valence-electron chi connectivity index (χ2n) is 4.81. The lowest BCUT2D eigenvalue weighted by Gasteiger charge is -2.12. The number of amides is 3. The number of hydrogen-bond acceptors (Lipinski definition) is 4. The molecule has 0 saturated carbocycles. The number of aryl methyl sites for hydroxylation is 2. The number of carbonyl (C=O) groups excluding carboxylic acids is 3. The minimum Gasteiger partial charge on any atom is -1.00 e. The van der Waals surface area contributed by atoms with Crippen molar-refractivity contribution in [2.45, 2.75) is 19.9 Å². The van der Waals surface area contributed by atoms with Crippen LogP contribution in [0.4, 0.5) is 4.79 Å². The highest BCUT2D eigenvalue weighted by atomic mass is 79.9. The Balaban J connectivity index is 0.00000242. The van der Waals surface area contributed by atoms with Crippen LogP contribution in [0.1, 0.15) is 12.0 Å². The van der Waals surface area contributed by atoms with E-state index in [1.54, 1.807) is 0 Å². The van der Waals surface area contributed by atoms with Gasteiger partial charge in [0.2, 0.25) is 11.8 Å². The summed E-state index contributed by atoms with van der Waals surface area (Å²) >= 11 is 1.00. The molecule has 0 aliphatic carbocycles. The summed E-state index contributed by atoms with van der Waals surface area (Å²) in [5.74, 6) is -0.0686. The third kappa shape index (κ3) is 5.42. The molecule has 1 aromatic heterocycles. The summed E-state index contributed by atoms with van der Waals surface area (Å²) in [6.07, 6.45) is 4.23. The summed E-state index contributed by atoms with van der Waals surface area (Å²) < 4.78 is 1.94. The third-order valence-corrected chi connectivity index (χ3v) is 4.01. The zero-order chi connectivity index (χ0) is 15.2. The number of hydrogen-bond donors (Lipinski definition) is 1. The predicted molar refractivity (Wildman–Crippen MR) is 78.6 cm³/mol. The summed E-state index contributed by atoms with van der Waals surface area (Å²) in [5, 5.41) is 2.49. The maximum absolute atomic E-state index is 11.7. The lowest BCUT2D eigenvalue weighted by molar-refractivity contribution is -0.695. The molecular formula is C14H18BrN3O3S. The molecule has 8 heteroatoms. The van der Waals surface area contributed by atoms with Gasteiger partial charge in [0.25, 0.3) is 5.24 Å². The Kier molecular flexibility index (Phi) is 7.53. The van der Waals surface area contributed by atoms with Crippen LogP contribution in [0, 0.1) is 6.92 Å². The van der Waals surface area contributed by atoms with Gasteiger partial charge in [-0.15, -0.1) is 0 Å². The Labute approximate surface area is 144 Å². The number of carbonyl (C=O) groups is 3. The molecule has 0 radical (unpaired) electrons. The second-order valence-corrected chi connectivity index (χ2v) is 5.74. The first kappa shape index (κ1) is 18.6. The molecule has 0 atom stereocenters. The van der Waals surface area contributed by atoms with E-state index >= 15 is 0 Å². The fourth-order valence-electron chi connectivity index (χ4n) is 1.90. The van der Waals surface area contributed by atoms with E-state index < -0.39 is 0 Å². The van der Waals surface area contributed by atoms with E-state index in [0.717, 1.165) is 11.8 Å². The van der Waals surface area contributed by atoms with Crippen molar-refractivity contribution in [3.05, 3.63) is 30.1 Å². The summed E-state index contributed by atoms with van der Waals surface area (Å²) in [6.45, 7) is 3.16. The van der Waals surface area contributed by atoms with E-state index in [0.29, 0.717) is 19.5 Å². The number of aromatic nitrogens is 1. The van der Waals surface area contributed by atoms with E-state index in [4.69, 9.17) is 0 Å². The fraction of sp³-hybridized carbons (Fsp3) is 0.429. The van der Waals surface area contributed by atoms with Gasteiger partial charge in [0.05, 0.1) is 12.2 Å². The predicted octanol–water partition coefficient (Wildman–Crippen LogP) is -2.51. The fourth-order valence-corrected chi connectivity index (χ4v) is 2.66. The number of pyridine rings is 1. The van der Waals surface area contributed by atoms with Gasteiger partial charge in [-0.1, -0.05) is 11.8 Å². The molecule has 1 saturated heterocycles. The van der Waals surface area contributed by atoms with Gasteiger partial charge in [-0.25, -0.2) is 4.57 Å². The standard InChI is InChI=1S/C14H17N3O3S.BrH/c1-11-2-6-16(7-3-11)8-4-12(18)15-5-9-17-13(19)10-21-14(17)20;/h2-3,6-7H,4-5,8-10H2,1H3;1H. The molecule has 120 valence electrons. The van der Waals surface area contributed by atoms with Crippen LogP contribution in [-0.4, -0.2) is 40.8 Å². The molecule has 22 heavy (non-hydrogen) atoms. The molecule has 3 amide bonds. The van der Waals surface area contributed by atoms with Crippen LogP contribution in [0.3, 0.4) is 0 Å². The molecule has 2 rings (SSSR count). The molecule has 0 spiro atoms. The van der Waals surface area contributed by atoms with Gasteiger partial charge in [-0.2, -0.15) is 0 Å². The minimum absolute atomic E-state index is 0. The Hall–Kier alpha value is -1.41. The van der Waals surface area contributed by atoms with Crippen LogP contribution in [-0.2, 0) is 16.1 Å². The maximum Gasteiger partial charge on any atom is 0.288 e. The summed E-state index contributed by atoms with van der Waals surface area (Å²) in [4.78, 5) is 35.6. The highest BCUT2D eigenvalue weighted by molar-refractivity contribution is 8.14. The summed E-state index contributed by atoms with van der Waals surface area (Å²) in [7, 11) is 0. The Morgan fingerprint density at radius 3 is 2.64 bits per heavy atom. The number of nitrogens with zero attached hydrogens (tertiary/aromatic N) is 2. The summed E-state index contributed by atoms with van der Waals surface area (Å²) in [6, 6.07) is 3.97. The van der Waals surface area contributed by atoms with Gasteiger partial charge in [0.15, 0.2) is 18.9 Å². The van der Waals surface area contributed by atoms with Crippen LogP contribution >= 0.6 is 11.8 Å². The van der Waals surface area contributed by atoms with Gasteiger partial charge in [0, 0.05) is 25.2 Å². The van der Waals surface area contributed by atoms with Crippen LogP contribution in [0.25, 0.3) is 0 Å². The van der Waals surface area contributed by atoms with Crippen molar-refractivity contribution in [1.29, 1.82) is 0 Å². The molecule has 2 heterocycles. The average molecular weight is 388 g/mol. The molecule has 6 nitrogen and oxygen atoms in total. The van der Waals surface area contributed by atoms with E-state index in [1.807, 2.05) is 36.0 Å². The lowest BCUT2D eigenvalue weighted by atomic mass is 10.3. The molecule has 1 aliphatic heterocycles. The van der Waals surface area contributed by atoms with Gasteiger partial charge in [-0.3, -0.25) is 19.3 Å². The highest BCUT2D eigenvalue weighted by Crippen LogP contribution is 2.17. The molecule has 0 aromatic carbocycles. The van der Waals surface area contributed by atoms with E-state index in [2.05, 4.69) is 5.32 Å². The second kappa shape index (κ2) is 8.89. The van der Waals surface area contributed by atoms with Crippen molar-refractivity contribution in [2.24, 2.45) is 0 Å². The van der Waals surface area contributed by atoms with Crippen molar-refractivity contribution < 1.29 is 35.9 Å².